The molecule has 0 aromatic rings. The Kier molecular flexibility index (Phi) is 5.87. The van der Waals surface area contributed by atoms with E-state index in [0.29, 0.717) is 23.2 Å². The molecule has 15 heavy (non-hydrogen) atoms. The smallest absolute Gasteiger partial charge is 0.0573 e. The zero-order chi connectivity index (χ0) is 12.2. The third kappa shape index (κ3) is 6.19. The highest BCUT2D eigenvalue weighted by atomic mass is 16.3. The summed E-state index contributed by atoms with van der Waals surface area (Å²) in [6, 6.07) is 0. The van der Waals surface area contributed by atoms with E-state index in [9.17, 15) is 5.11 Å². The molecule has 0 amide bonds. The van der Waals surface area contributed by atoms with Crippen LogP contribution in [0.5, 0.6) is 0 Å². The second-order valence-electron chi connectivity index (χ2n) is 6.73. The predicted octanol–water partition coefficient (Wildman–Crippen LogP) is 4.10. The summed E-state index contributed by atoms with van der Waals surface area (Å²) in [5.41, 5.74) is 0.333. The first-order chi connectivity index (χ1) is 6.65. The molecule has 92 valence electrons. The van der Waals surface area contributed by atoms with Crippen LogP contribution in [0.25, 0.3) is 0 Å². The summed E-state index contributed by atoms with van der Waals surface area (Å²) in [5.74, 6) is 1.58. The van der Waals surface area contributed by atoms with Crippen LogP contribution in [-0.2, 0) is 0 Å². The van der Waals surface area contributed by atoms with Crippen molar-refractivity contribution in [3.63, 3.8) is 0 Å². The number of aliphatic hydroxyl groups excluding tert-OH is 1. The molecule has 0 aliphatic heterocycles. The first-order valence-corrected chi connectivity index (χ1v) is 6.33. The Morgan fingerprint density at radius 3 is 1.60 bits per heavy atom. The van der Waals surface area contributed by atoms with Crippen molar-refractivity contribution < 1.29 is 5.11 Å². The van der Waals surface area contributed by atoms with Crippen molar-refractivity contribution in [2.24, 2.45) is 23.2 Å². The molecule has 0 aromatic carbocycles. The van der Waals surface area contributed by atoms with Crippen LogP contribution in [0, 0.1) is 23.2 Å². The quantitative estimate of drug-likeness (QED) is 0.730. The zero-order valence-corrected chi connectivity index (χ0v) is 11.7. The second kappa shape index (κ2) is 5.89. The first-order valence-electron chi connectivity index (χ1n) is 6.33. The van der Waals surface area contributed by atoms with Gasteiger partial charge in [0, 0.05) is 0 Å². The van der Waals surface area contributed by atoms with Gasteiger partial charge in [0.2, 0.25) is 0 Å². The van der Waals surface area contributed by atoms with Crippen molar-refractivity contribution in [2.45, 2.75) is 67.4 Å². The summed E-state index contributed by atoms with van der Waals surface area (Å²) >= 11 is 0. The third-order valence-electron chi connectivity index (χ3n) is 3.17. The largest absolute Gasteiger partial charge is 0.393 e. The van der Waals surface area contributed by atoms with E-state index in [2.05, 4.69) is 48.5 Å². The van der Waals surface area contributed by atoms with Crippen LogP contribution in [0.15, 0.2) is 0 Å². The molecular weight excluding hydrogens is 184 g/mol. The maximum absolute atomic E-state index is 10.2. The summed E-state index contributed by atoms with van der Waals surface area (Å²) in [6.45, 7) is 15.6. The summed E-state index contributed by atoms with van der Waals surface area (Å²) in [5, 5.41) is 10.2. The van der Waals surface area contributed by atoms with Crippen molar-refractivity contribution in [3.05, 3.63) is 0 Å². The van der Waals surface area contributed by atoms with E-state index in [4.69, 9.17) is 0 Å². The monoisotopic (exact) mass is 214 g/mol. The van der Waals surface area contributed by atoms with Crippen LogP contribution < -0.4 is 0 Å². The number of hydrogen-bond acceptors (Lipinski definition) is 1. The molecule has 0 saturated carbocycles. The minimum Gasteiger partial charge on any atom is -0.393 e. The van der Waals surface area contributed by atoms with Crippen molar-refractivity contribution in [1.82, 2.24) is 0 Å². The van der Waals surface area contributed by atoms with Gasteiger partial charge in [-0.3, -0.25) is 0 Å². The van der Waals surface area contributed by atoms with Gasteiger partial charge in [-0.05, 0) is 36.0 Å². The van der Waals surface area contributed by atoms with E-state index < -0.39 is 0 Å². The van der Waals surface area contributed by atoms with Gasteiger partial charge in [-0.15, -0.1) is 0 Å². The second-order valence-corrected chi connectivity index (χ2v) is 6.73. The van der Waals surface area contributed by atoms with Gasteiger partial charge < -0.3 is 5.11 Å². The molecule has 0 radical (unpaired) electrons. The molecule has 0 spiro atoms. The van der Waals surface area contributed by atoms with E-state index in [-0.39, 0.29) is 6.10 Å². The lowest BCUT2D eigenvalue weighted by molar-refractivity contribution is 0.0382. The van der Waals surface area contributed by atoms with E-state index in [1.165, 1.54) is 0 Å². The Balaban J connectivity index is 4.21. The molecule has 0 rings (SSSR count). The van der Waals surface area contributed by atoms with Gasteiger partial charge in [0.25, 0.3) is 0 Å². The predicted molar refractivity (Wildman–Crippen MR) is 67.9 cm³/mol. The summed E-state index contributed by atoms with van der Waals surface area (Å²) in [4.78, 5) is 0. The summed E-state index contributed by atoms with van der Waals surface area (Å²) in [6.07, 6.45) is 1.90. The fraction of sp³-hybridized carbons (Fsp3) is 1.00. The highest BCUT2D eigenvalue weighted by Gasteiger charge is 2.26. The first kappa shape index (κ1) is 15.0. The molecule has 1 unspecified atom stereocenters. The highest BCUT2D eigenvalue weighted by Crippen LogP contribution is 2.30. The normalized spacial score (nSPS) is 15.4. The van der Waals surface area contributed by atoms with Gasteiger partial charge in [-0.25, -0.2) is 0 Å². The molecular formula is C14H30O. The van der Waals surface area contributed by atoms with Gasteiger partial charge in [-0.1, -0.05) is 48.5 Å². The van der Waals surface area contributed by atoms with Gasteiger partial charge in [-0.2, -0.15) is 0 Å². The fourth-order valence-corrected chi connectivity index (χ4v) is 2.43. The minimum absolute atomic E-state index is 0.135. The topological polar surface area (TPSA) is 20.2 Å². The third-order valence-corrected chi connectivity index (χ3v) is 3.17. The molecule has 0 bridgehead atoms. The number of rotatable bonds is 5. The fourth-order valence-electron chi connectivity index (χ4n) is 2.43. The molecule has 1 atom stereocenters. The molecule has 0 fully saturated rings. The van der Waals surface area contributed by atoms with Crippen LogP contribution >= 0.6 is 0 Å². The van der Waals surface area contributed by atoms with Crippen LogP contribution in [0.1, 0.15) is 61.3 Å². The van der Waals surface area contributed by atoms with E-state index in [0.717, 1.165) is 12.8 Å². The Bertz CT molecular complexity index is 157. The van der Waals surface area contributed by atoms with Crippen molar-refractivity contribution in [1.29, 1.82) is 0 Å². The molecule has 1 heteroatoms. The van der Waals surface area contributed by atoms with Crippen LogP contribution in [0.2, 0.25) is 0 Å². The van der Waals surface area contributed by atoms with Gasteiger partial charge in [0.1, 0.15) is 0 Å². The molecule has 0 heterocycles. The molecule has 1 nitrogen and oxygen atoms in total. The maximum atomic E-state index is 10.2. The van der Waals surface area contributed by atoms with Crippen molar-refractivity contribution in [3.8, 4) is 0 Å². The molecule has 1 N–H and O–H groups in total. The van der Waals surface area contributed by atoms with Crippen LogP contribution in [0.3, 0.4) is 0 Å². The van der Waals surface area contributed by atoms with E-state index in [1.807, 2.05) is 0 Å². The Morgan fingerprint density at radius 1 is 0.933 bits per heavy atom. The molecule has 0 aliphatic rings. The zero-order valence-electron chi connectivity index (χ0n) is 11.7. The lowest BCUT2D eigenvalue weighted by Crippen LogP contribution is -2.30. The lowest BCUT2D eigenvalue weighted by Gasteiger charge is -2.31. The molecule has 0 aliphatic carbocycles. The summed E-state index contributed by atoms with van der Waals surface area (Å²) < 4.78 is 0. The van der Waals surface area contributed by atoms with Gasteiger partial charge in [0.15, 0.2) is 0 Å². The van der Waals surface area contributed by atoms with E-state index >= 15 is 0 Å². The molecule has 0 saturated heterocycles. The molecule has 0 aromatic heterocycles. The summed E-state index contributed by atoms with van der Waals surface area (Å²) in [7, 11) is 0. The van der Waals surface area contributed by atoms with Crippen molar-refractivity contribution >= 4 is 0 Å². The average Bonchev–Trinajstić information content (AvgIpc) is 1.97. The van der Waals surface area contributed by atoms with Crippen LogP contribution in [0.4, 0.5) is 0 Å². The minimum atomic E-state index is -0.135. The SMILES string of the molecule is CC(C)C(C(C)C)C(O)CCC(C)(C)C. The highest BCUT2D eigenvalue weighted by molar-refractivity contribution is 4.76. The lowest BCUT2D eigenvalue weighted by atomic mass is 9.77. The van der Waals surface area contributed by atoms with Crippen molar-refractivity contribution in [2.75, 3.05) is 0 Å². The maximum Gasteiger partial charge on any atom is 0.0573 e. The Labute approximate surface area is 96.3 Å². The Morgan fingerprint density at radius 2 is 1.33 bits per heavy atom. The van der Waals surface area contributed by atoms with E-state index in [1.54, 1.807) is 0 Å². The average molecular weight is 214 g/mol. The van der Waals surface area contributed by atoms with Crippen LogP contribution in [-0.4, -0.2) is 11.2 Å². The Hall–Kier alpha value is -0.0400. The van der Waals surface area contributed by atoms with Gasteiger partial charge >= 0.3 is 0 Å². The standard InChI is InChI=1S/C14H30O/c1-10(2)13(11(3)4)12(15)8-9-14(5,6)7/h10-13,15H,8-9H2,1-7H3. The van der Waals surface area contributed by atoms with Gasteiger partial charge in [0.05, 0.1) is 6.10 Å². The number of hydrogen-bond donors (Lipinski definition) is 1. The number of aliphatic hydroxyl groups is 1.